The van der Waals surface area contributed by atoms with Crippen LogP contribution >= 0.6 is 0 Å². The van der Waals surface area contributed by atoms with Crippen molar-refractivity contribution in [3.63, 3.8) is 0 Å². The molecule has 2 aliphatic rings. The summed E-state index contributed by atoms with van der Waals surface area (Å²) < 4.78 is 17.8. The standard InChI is InChI=1S/C22H24N2O3/c1-21(2)13-25-19(23-21)17-11-10-16(27-15-8-6-5-7-9-15)12-18(17)20-24-22(3,4)14-26-20/h5-12H,13-14H2,1-4H3. The zero-order valence-electron chi connectivity index (χ0n) is 16.2. The SMILES string of the molecule is CC1(C)COC(c2ccc(Oc3ccccc3)cc2C2=NC(C)(C)CO2)=N1. The van der Waals surface area contributed by atoms with Crippen LogP contribution in [0.5, 0.6) is 11.5 Å². The third kappa shape index (κ3) is 3.82. The number of rotatable bonds is 4. The minimum atomic E-state index is -0.249. The molecule has 2 heterocycles. The van der Waals surface area contributed by atoms with Crippen LogP contribution in [0.15, 0.2) is 58.5 Å². The normalized spacial score (nSPS) is 19.7. The molecule has 0 radical (unpaired) electrons. The maximum atomic E-state index is 6.00. The topological polar surface area (TPSA) is 52.4 Å². The summed E-state index contributed by atoms with van der Waals surface area (Å²) in [6, 6.07) is 15.5. The van der Waals surface area contributed by atoms with E-state index in [0.29, 0.717) is 30.8 Å². The lowest BCUT2D eigenvalue weighted by molar-refractivity contribution is 0.277. The summed E-state index contributed by atoms with van der Waals surface area (Å²) in [7, 11) is 0. The monoisotopic (exact) mass is 364 g/mol. The van der Waals surface area contributed by atoms with Gasteiger partial charge in [0, 0.05) is 5.56 Å². The van der Waals surface area contributed by atoms with Gasteiger partial charge >= 0.3 is 0 Å². The summed E-state index contributed by atoms with van der Waals surface area (Å²) in [6.07, 6.45) is 0. The van der Waals surface area contributed by atoms with Gasteiger partial charge in [0.05, 0.1) is 16.6 Å². The van der Waals surface area contributed by atoms with E-state index in [4.69, 9.17) is 24.2 Å². The third-order valence-electron chi connectivity index (χ3n) is 4.36. The second-order valence-electron chi connectivity index (χ2n) is 8.16. The Kier molecular flexibility index (Phi) is 4.17. The lowest BCUT2D eigenvalue weighted by Gasteiger charge is -2.12. The van der Waals surface area contributed by atoms with Crippen LogP contribution in [0.2, 0.25) is 0 Å². The van der Waals surface area contributed by atoms with Gasteiger partial charge in [0.15, 0.2) is 0 Å². The Morgan fingerprint density at radius 1 is 0.741 bits per heavy atom. The first-order valence-corrected chi connectivity index (χ1v) is 9.14. The fourth-order valence-electron chi connectivity index (χ4n) is 3.02. The number of hydrogen-bond acceptors (Lipinski definition) is 5. The van der Waals surface area contributed by atoms with Crippen molar-refractivity contribution in [2.24, 2.45) is 9.98 Å². The number of benzene rings is 2. The van der Waals surface area contributed by atoms with Gasteiger partial charge in [-0.2, -0.15) is 0 Å². The molecule has 4 rings (SSSR count). The highest BCUT2D eigenvalue weighted by atomic mass is 16.5. The number of nitrogens with zero attached hydrogens (tertiary/aromatic N) is 2. The molecule has 2 aromatic carbocycles. The summed E-state index contributed by atoms with van der Waals surface area (Å²) >= 11 is 0. The molecule has 0 bridgehead atoms. The van der Waals surface area contributed by atoms with Crippen LogP contribution in [-0.4, -0.2) is 36.1 Å². The molecular weight excluding hydrogens is 340 g/mol. The minimum absolute atomic E-state index is 0.233. The van der Waals surface area contributed by atoms with E-state index in [1.165, 1.54) is 0 Å². The highest BCUT2D eigenvalue weighted by molar-refractivity contribution is 6.08. The maximum absolute atomic E-state index is 6.00. The van der Waals surface area contributed by atoms with Gasteiger partial charge < -0.3 is 14.2 Å². The van der Waals surface area contributed by atoms with Crippen LogP contribution in [0, 0.1) is 0 Å². The number of hydrogen-bond donors (Lipinski definition) is 0. The second-order valence-corrected chi connectivity index (χ2v) is 8.16. The molecule has 0 fully saturated rings. The first-order chi connectivity index (χ1) is 12.8. The van der Waals surface area contributed by atoms with Crippen molar-refractivity contribution in [1.82, 2.24) is 0 Å². The molecule has 0 aromatic heterocycles. The average Bonchev–Trinajstić information content (AvgIpc) is 3.17. The maximum Gasteiger partial charge on any atom is 0.217 e. The Balaban J connectivity index is 1.75. The molecule has 0 atom stereocenters. The fourth-order valence-corrected chi connectivity index (χ4v) is 3.02. The fraction of sp³-hybridized carbons (Fsp3) is 0.364. The van der Waals surface area contributed by atoms with Crippen molar-refractivity contribution >= 4 is 11.8 Å². The van der Waals surface area contributed by atoms with Gasteiger partial charge in [0.1, 0.15) is 24.7 Å². The Bertz CT molecular complexity index is 914. The molecule has 0 aliphatic carbocycles. The van der Waals surface area contributed by atoms with Crippen LogP contribution in [0.4, 0.5) is 0 Å². The number of para-hydroxylation sites is 1. The Morgan fingerprint density at radius 2 is 1.33 bits per heavy atom. The summed E-state index contributed by atoms with van der Waals surface area (Å²) in [5.74, 6) is 2.72. The quantitative estimate of drug-likeness (QED) is 0.797. The zero-order chi connectivity index (χ0) is 19.1. The largest absolute Gasteiger partial charge is 0.475 e. The first kappa shape index (κ1) is 17.6. The van der Waals surface area contributed by atoms with Crippen molar-refractivity contribution in [2.75, 3.05) is 13.2 Å². The van der Waals surface area contributed by atoms with Crippen LogP contribution in [0.3, 0.4) is 0 Å². The molecule has 0 N–H and O–H groups in total. The van der Waals surface area contributed by atoms with Crippen LogP contribution < -0.4 is 4.74 Å². The molecule has 5 heteroatoms. The Morgan fingerprint density at radius 3 is 1.89 bits per heavy atom. The van der Waals surface area contributed by atoms with Gasteiger partial charge in [-0.25, -0.2) is 9.98 Å². The smallest absolute Gasteiger partial charge is 0.217 e. The van der Waals surface area contributed by atoms with E-state index in [9.17, 15) is 0 Å². The molecule has 0 saturated carbocycles. The van der Waals surface area contributed by atoms with Crippen LogP contribution in [0.25, 0.3) is 0 Å². The van der Waals surface area contributed by atoms with E-state index < -0.39 is 0 Å². The molecule has 0 unspecified atom stereocenters. The van der Waals surface area contributed by atoms with Crippen molar-refractivity contribution in [2.45, 2.75) is 38.8 Å². The molecular formula is C22H24N2O3. The van der Waals surface area contributed by atoms with Crippen molar-refractivity contribution in [3.8, 4) is 11.5 Å². The highest BCUT2D eigenvalue weighted by Gasteiger charge is 2.32. The van der Waals surface area contributed by atoms with E-state index in [2.05, 4.69) is 27.7 Å². The molecule has 2 aromatic rings. The lowest BCUT2D eigenvalue weighted by atomic mass is 10.1. The Labute approximate surface area is 159 Å². The predicted molar refractivity (Wildman–Crippen MR) is 106 cm³/mol. The molecule has 2 aliphatic heterocycles. The molecule has 0 saturated heterocycles. The van der Waals surface area contributed by atoms with Gasteiger partial charge in [-0.15, -0.1) is 0 Å². The molecule has 0 amide bonds. The van der Waals surface area contributed by atoms with Crippen molar-refractivity contribution in [1.29, 1.82) is 0 Å². The second kappa shape index (κ2) is 6.41. The summed E-state index contributed by atoms with van der Waals surface area (Å²) in [4.78, 5) is 9.45. The first-order valence-electron chi connectivity index (χ1n) is 9.14. The van der Waals surface area contributed by atoms with Crippen LogP contribution in [-0.2, 0) is 9.47 Å². The van der Waals surface area contributed by atoms with Gasteiger partial charge in [0.2, 0.25) is 11.8 Å². The Hall–Kier alpha value is -2.82. The zero-order valence-corrected chi connectivity index (χ0v) is 16.2. The summed E-state index contributed by atoms with van der Waals surface area (Å²) in [5.41, 5.74) is 1.23. The van der Waals surface area contributed by atoms with E-state index >= 15 is 0 Å². The lowest BCUT2D eigenvalue weighted by Crippen LogP contribution is -2.17. The summed E-state index contributed by atoms with van der Waals surface area (Å²) in [6.45, 7) is 9.32. The molecule has 27 heavy (non-hydrogen) atoms. The summed E-state index contributed by atoms with van der Waals surface area (Å²) in [5, 5.41) is 0. The van der Waals surface area contributed by atoms with Gasteiger partial charge in [-0.1, -0.05) is 18.2 Å². The predicted octanol–water partition coefficient (Wildman–Crippen LogP) is 4.59. The molecule has 5 nitrogen and oxygen atoms in total. The number of aliphatic imine (C=N–C) groups is 2. The molecule has 0 spiro atoms. The van der Waals surface area contributed by atoms with Crippen LogP contribution in [0.1, 0.15) is 38.8 Å². The van der Waals surface area contributed by atoms with E-state index in [1.54, 1.807) is 0 Å². The van der Waals surface area contributed by atoms with Gasteiger partial charge in [0.25, 0.3) is 0 Å². The average molecular weight is 364 g/mol. The third-order valence-corrected chi connectivity index (χ3v) is 4.36. The molecule has 140 valence electrons. The minimum Gasteiger partial charge on any atom is -0.475 e. The van der Waals surface area contributed by atoms with E-state index in [1.807, 2.05) is 48.5 Å². The van der Waals surface area contributed by atoms with E-state index in [0.717, 1.165) is 16.9 Å². The van der Waals surface area contributed by atoms with E-state index in [-0.39, 0.29) is 11.1 Å². The van der Waals surface area contributed by atoms with Gasteiger partial charge in [-0.3, -0.25) is 0 Å². The highest BCUT2D eigenvalue weighted by Crippen LogP contribution is 2.30. The van der Waals surface area contributed by atoms with Crippen molar-refractivity contribution < 1.29 is 14.2 Å². The number of ether oxygens (including phenoxy) is 3. The van der Waals surface area contributed by atoms with Gasteiger partial charge in [-0.05, 0) is 58.0 Å². The van der Waals surface area contributed by atoms with Crippen molar-refractivity contribution in [3.05, 3.63) is 59.7 Å².